The average molecular weight is 549 g/mol. The first kappa shape index (κ1) is 29.6. The Morgan fingerprint density at radius 1 is 1.05 bits per heavy atom. The van der Waals surface area contributed by atoms with Gasteiger partial charge < -0.3 is 25.5 Å². The molecule has 0 saturated heterocycles. The monoisotopic (exact) mass is 548 g/mol. The molecule has 0 aliphatic heterocycles. The fourth-order valence-electron chi connectivity index (χ4n) is 9.66. The van der Waals surface area contributed by atoms with Gasteiger partial charge in [0.05, 0.1) is 23.9 Å². The predicted octanol–water partition coefficient (Wildman–Crippen LogP) is 2.30. The summed E-state index contributed by atoms with van der Waals surface area (Å²) in [6.07, 6.45) is 1.40. The van der Waals surface area contributed by atoms with Crippen molar-refractivity contribution in [3.63, 3.8) is 0 Å². The van der Waals surface area contributed by atoms with Crippen molar-refractivity contribution in [1.82, 2.24) is 0 Å². The summed E-state index contributed by atoms with van der Waals surface area (Å²) in [5, 5.41) is 54.3. The maximum Gasteiger partial charge on any atom is 0.397 e. The smallest absolute Gasteiger partial charge is 0.396 e. The van der Waals surface area contributed by atoms with Crippen molar-refractivity contribution in [2.75, 3.05) is 6.61 Å². The summed E-state index contributed by atoms with van der Waals surface area (Å²) in [5.41, 5.74) is -2.54. The molecule has 4 aliphatic carbocycles. The van der Waals surface area contributed by atoms with E-state index in [0.29, 0.717) is 19.3 Å². The van der Waals surface area contributed by atoms with E-state index in [4.69, 9.17) is 4.18 Å². The Hall–Kier alpha value is -0.330. The number of aliphatic hydroxyl groups excluding tert-OH is 4. The highest BCUT2D eigenvalue weighted by Gasteiger charge is 2.71. The lowest BCUT2D eigenvalue weighted by Gasteiger charge is -2.65. The zero-order valence-corrected chi connectivity index (χ0v) is 23.5. The minimum atomic E-state index is -4.81. The molecule has 37 heavy (non-hydrogen) atoms. The molecule has 0 radical (unpaired) electrons. The van der Waals surface area contributed by atoms with Gasteiger partial charge in [-0.15, -0.1) is 0 Å². The first-order valence-electron chi connectivity index (χ1n) is 14.1. The van der Waals surface area contributed by atoms with Crippen LogP contribution in [0.4, 0.5) is 0 Å². The first-order valence-corrected chi connectivity index (χ1v) is 15.5. The zero-order chi connectivity index (χ0) is 27.6. The molecule has 0 bridgehead atoms. The Bertz CT molecular complexity index is 929. The summed E-state index contributed by atoms with van der Waals surface area (Å²) in [5.74, 6) is -0.717. The summed E-state index contributed by atoms with van der Waals surface area (Å²) < 4.78 is 38.6. The van der Waals surface area contributed by atoms with Crippen LogP contribution in [0.1, 0.15) is 85.5 Å². The van der Waals surface area contributed by atoms with Gasteiger partial charge in [0.15, 0.2) is 0 Å². The van der Waals surface area contributed by atoms with Gasteiger partial charge in [0.25, 0.3) is 0 Å². The highest BCUT2D eigenvalue weighted by Crippen LogP contribution is 2.69. The predicted molar refractivity (Wildman–Crippen MR) is 137 cm³/mol. The van der Waals surface area contributed by atoms with E-state index in [1.165, 1.54) is 0 Å². The van der Waals surface area contributed by atoms with Crippen molar-refractivity contribution in [2.24, 2.45) is 46.3 Å². The highest BCUT2D eigenvalue weighted by molar-refractivity contribution is 7.80. The molecule has 3 unspecified atom stereocenters. The molecule has 0 amide bonds. The van der Waals surface area contributed by atoms with Crippen molar-refractivity contribution in [1.29, 1.82) is 0 Å². The second-order valence-electron chi connectivity index (χ2n) is 13.5. The van der Waals surface area contributed by atoms with Crippen molar-refractivity contribution in [3.8, 4) is 0 Å². The molecular formula is C27H48O9S. The van der Waals surface area contributed by atoms with Crippen LogP contribution in [0.5, 0.6) is 0 Å². The molecule has 4 aliphatic rings. The Morgan fingerprint density at radius 3 is 2.35 bits per heavy atom. The van der Waals surface area contributed by atoms with Gasteiger partial charge in [-0.1, -0.05) is 40.5 Å². The van der Waals surface area contributed by atoms with Gasteiger partial charge in [-0.25, -0.2) is 4.18 Å². The SMILES string of the molecule is C[C@H](CO)CCC[C@@H](C)[C@H]1[C@@H](OS(=O)(=O)O)[C@H](O)C2C3C[C@@H](O)[C@@]4(O)C[C@@H](O)CC[C@]4(C)C3CC[C@@]21C. The third kappa shape index (κ3) is 4.92. The van der Waals surface area contributed by atoms with E-state index in [0.717, 1.165) is 25.7 Å². The molecule has 0 heterocycles. The molecule has 4 fully saturated rings. The van der Waals surface area contributed by atoms with Crippen LogP contribution in [0.25, 0.3) is 0 Å². The second kappa shape index (κ2) is 10.3. The molecular weight excluding hydrogens is 500 g/mol. The van der Waals surface area contributed by atoms with E-state index >= 15 is 0 Å². The van der Waals surface area contributed by atoms with Crippen LogP contribution < -0.4 is 0 Å². The third-order valence-electron chi connectivity index (χ3n) is 11.5. The number of hydrogen-bond acceptors (Lipinski definition) is 8. The number of hydrogen-bond donors (Lipinski definition) is 6. The summed E-state index contributed by atoms with van der Waals surface area (Å²) in [4.78, 5) is 0. The maximum atomic E-state index is 11.9. The summed E-state index contributed by atoms with van der Waals surface area (Å²) in [6.45, 7) is 8.21. The van der Waals surface area contributed by atoms with Crippen molar-refractivity contribution in [3.05, 3.63) is 0 Å². The summed E-state index contributed by atoms with van der Waals surface area (Å²) >= 11 is 0. The van der Waals surface area contributed by atoms with Crippen LogP contribution in [0.15, 0.2) is 0 Å². The van der Waals surface area contributed by atoms with Crippen molar-refractivity contribution in [2.45, 2.75) is 115 Å². The van der Waals surface area contributed by atoms with Crippen LogP contribution in [-0.2, 0) is 14.6 Å². The Kier molecular flexibility index (Phi) is 8.21. The number of fused-ring (bicyclic) bond motifs is 5. The molecule has 0 aromatic rings. The van der Waals surface area contributed by atoms with Crippen LogP contribution >= 0.6 is 0 Å². The second-order valence-corrected chi connectivity index (χ2v) is 14.6. The lowest BCUT2D eigenvalue weighted by atomic mass is 9.42. The van der Waals surface area contributed by atoms with Crippen molar-refractivity contribution >= 4 is 10.4 Å². The molecule has 9 nitrogen and oxygen atoms in total. The van der Waals surface area contributed by atoms with Gasteiger partial charge in [0.2, 0.25) is 0 Å². The van der Waals surface area contributed by atoms with Crippen molar-refractivity contribution < 1.29 is 42.7 Å². The highest BCUT2D eigenvalue weighted by atomic mass is 32.3. The van der Waals surface area contributed by atoms with Gasteiger partial charge in [-0.05, 0) is 79.4 Å². The quantitative estimate of drug-likeness (QED) is 0.250. The zero-order valence-electron chi connectivity index (χ0n) is 22.7. The van der Waals surface area contributed by atoms with Crippen LogP contribution in [0, 0.1) is 46.3 Å². The van der Waals surface area contributed by atoms with E-state index in [1.54, 1.807) is 0 Å². The van der Waals surface area contributed by atoms with Gasteiger partial charge in [0, 0.05) is 18.4 Å². The Morgan fingerprint density at radius 2 is 1.73 bits per heavy atom. The summed E-state index contributed by atoms with van der Waals surface area (Å²) in [7, 11) is -4.81. The van der Waals surface area contributed by atoms with Gasteiger partial charge >= 0.3 is 10.4 Å². The van der Waals surface area contributed by atoms with Crippen LogP contribution in [0.3, 0.4) is 0 Å². The van der Waals surface area contributed by atoms with E-state index in [9.17, 15) is 38.5 Å². The normalized spacial score (nSPS) is 49.6. The van der Waals surface area contributed by atoms with Crippen LogP contribution in [-0.4, -0.2) is 75.1 Å². The number of aliphatic hydroxyl groups is 5. The Balaban J connectivity index is 1.68. The fourth-order valence-corrected chi connectivity index (χ4v) is 10.2. The lowest BCUT2D eigenvalue weighted by Crippen LogP contribution is -2.69. The first-order chi connectivity index (χ1) is 17.1. The fraction of sp³-hybridized carbons (Fsp3) is 1.00. The lowest BCUT2D eigenvalue weighted by molar-refractivity contribution is -0.268. The topological polar surface area (TPSA) is 165 Å². The maximum absolute atomic E-state index is 11.9. The largest absolute Gasteiger partial charge is 0.397 e. The molecule has 0 aromatic heterocycles. The third-order valence-corrected chi connectivity index (χ3v) is 11.9. The standard InChI is InChI=1S/C27H48O9S/c1-15(14-28)6-5-7-16(2)21-24(36-37(33,34)35)23(31)22-18-12-20(30)27(32)13-17(29)8-11-26(27,4)19(18)9-10-25(21,22)3/h15-24,28-32H,5-14H2,1-4H3,(H,33,34,35)/t15-,16+,17-,18?,19?,20+,21-,22?,23+,24+,25+,26+,27-/m0/s1. The molecule has 0 spiro atoms. The van der Waals surface area contributed by atoms with E-state index in [-0.39, 0.29) is 55.0 Å². The molecule has 10 heteroatoms. The Labute approximate surface area is 221 Å². The minimum Gasteiger partial charge on any atom is -0.396 e. The summed E-state index contributed by atoms with van der Waals surface area (Å²) in [6, 6.07) is 0. The van der Waals surface area contributed by atoms with Crippen LogP contribution in [0.2, 0.25) is 0 Å². The molecule has 6 N–H and O–H groups in total. The average Bonchev–Trinajstić information content (AvgIpc) is 3.01. The van der Waals surface area contributed by atoms with Gasteiger partial charge in [-0.2, -0.15) is 8.42 Å². The molecule has 4 saturated carbocycles. The minimum absolute atomic E-state index is 0.00744. The molecule has 13 atom stereocenters. The van der Waals surface area contributed by atoms with Gasteiger partial charge in [0.1, 0.15) is 6.10 Å². The molecule has 4 rings (SSSR count). The van der Waals surface area contributed by atoms with E-state index in [1.807, 2.05) is 20.8 Å². The van der Waals surface area contributed by atoms with E-state index in [2.05, 4.69) is 6.92 Å². The molecule has 0 aromatic carbocycles. The van der Waals surface area contributed by atoms with Gasteiger partial charge in [-0.3, -0.25) is 4.55 Å². The van der Waals surface area contributed by atoms with E-state index < -0.39 is 51.2 Å². The number of rotatable bonds is 8. The molecule has 216 valence electrons.